The molecule has 3 heterocycles. The predicted molar refractivity (Wildman–Crippen MR) is 72.3 cm³/mol. The fourth-order valence-corrected chi connectivity index (χ4v) is 3.79. The SMILES string of the molecule is CC(N)c1cncn1C1CC2CCCC(C1)N2C. The number of fused-ring (bicyclic) bond motifs is 2. The number of imidazole rings is 1. The molecule has 3 atom stereocenters. The summed E-state index contributed by atoms with van der Waals surface area (Å²) in [5.41, 5.74) is 7.22. The molecule has 2 aliphatic heterocycles. The summed E-state index contributed by atoms with van der Waals surface area (Å²) in [6.07, 6.45) is 10.5. The van der Waals surface area contributed by atoms with Crippen LogP contribution >= 0.6 is 0 Å². The fourth-order valence-electron chi connectivity index (χ4n) is 3.79. The summed E-state index contributed by atoms with van der Waals surface area (Å²) >= 11 is 0. The Labute approximate surface area is 109 Å². The third-order valence-electron chi connectivity index (χ3n) is 4.87. The molecule has 2 saturated heterocycles. The second-order valence-corrected chi connectivity index (χ2v) is 6.04. The van der Waals surface area contributed by atoms with E-state index < -0.39 is 0 Å². The van der Waals surface area contributed by atoms with E-state index in [-0.39, 0.29) is 6.04 Å². The highest BCUT2D eigenvalue weighted by Crippen LogP contribution is 2.38. The lowest BCUT2D eigenvalue weighted by molar-refractivity contribution is 0.0392. The summed E-state index contributed by atoms with van der Waals surface area (Å²) in [5, 5.41) is 0. The van der Waals surface area contributed by atoms with Crippen LogP contribution in [0, 0.1) is 0 Å². The number of hydrogen-bond acceptors (Lipinski definition) is 3. The summed E-state index contributed by atoms with van der Waals surface area (Å²) in [6, 6.07) is 2.18. The van der Waals surface area contributed by atoms with Gasteiger partial charge in [-0.2, -0.15) is 0 Å². The molecule has 0 spiro atoms. The van der Waals surface area contributed by atoms with Crippen molar-refractivity contribution in [1.82, 2.24) is 14.5 Å². The molecule has 2 bridgehead atoms. The van der Waals surface area contributed by atoms with Crippen molar-refractivity contribution in [3.05, 3.63) is 18.2 Å². The minimum Gasteiger partial charge on any atom is -0.330 e. The van der Waals surface area contributed by atoms with Gasteiger partial charge in [-0.3, -0.25) is 0 Å². The van der Waals surface area contributed by atoms with Crippen LogP contribution < -0.4 is 5.73 Å². The molecule has 0 radical (unpaired) electrons. The number of aromatic nitrogens is 2. The topological polar surface area (TPSA) is 47.1 Å². The number of hydrogen-bond donors (Lipinski definition) is 1. The zero-order chi connectivity index (χ0) is 12.7. The van der Waals surface area contributed by atoms with Crippen molar-refractivity contribution < 1.29 is 0 Å². The van der Waals surface area contributed by atoms with E-state index in [1.807, 2.05) is 19.4 Å². The van der Waals surface area contributed by atoms with Crippen LogP contribution in [0.2, 0.25) is 0 Å². The van der Waals surface area contributed by atoms with Crippen molar-refractivity contribution in [3.63, 3.8) is 0 Å². The van der Waals surface area contributed by atoms with E-state index in [9.17, 15) is 0 Å². The van der Waals surface area contributed by atoms with Gasteiger partial charge in [0.2, 0.25) is 0 Å². The first-order valence-corrected chi connectivity index (χ1v) is 7.16. The monoisotopic (exact) mass is 248 g/mol. The van der Waals surface area contributed by atoms with Gasteiger partial charge in [0.15, 0.2) is 0 Å². The van der Waals surface area contributed by atoms with Crippen molar-refractivity contribution in [2.45, 2.75) is 63.2 Å². The predicted octanol–water partition coefficient (Wildman–Crippen LogP) is 2.09. The quantitative estimate of drug-likeness (QED) is 0.872. The smallest absolute Gasteiger partial charge is 0.0951 e. The van der Waals surface area contributed by atoms with Gasteiger partial charge in [0.25, 0.3) is 0 Å². The van der Waals surface area contributed by atoms with Crippen LogP contribution in [0.3, 0.4) is 0 Å². The summed E-state index contributed by atoms with van der Waals surface area (Å²) in [6.45, 7) is 2.04. The maximum absolute atomic E-state index is 6.04. The van der Waals surface area contributed by atoms with Crippen molar-refractivity contribution in [3.8, 4) is 0 Å². The van der Waals surface area contributed by atoms with Crippen LogP contribution in [-0.2, 0) is 0 Å². The molecular weight excluding hydrogens is 224 g/mol. The second-order valence-electron chi connectivity index (χ2n) is 6.04. The van der Waals surface area contributed by atoms with Crippen molar-refractivity contribution in [1.29, 1.82) is 0 Å². The molecule has 0 saturated carbocycles. The molecule has 2 fully saturated rings. The summed E-state index contributed by atoms with van der Waals surface area (Å²) in [7, 11) is 2.30. The van der Waals surface area contributed by atoms with Crippen LogP contribution in [0.5, 0.6) is 0 Å². The van der Waals surface area contributed by atoms with Gasteiger partial charge in [-0.25, -0.2) is 4.98 Å². The highest BCUT2D eigenvalue weighted by atomic mass is 15.2. The Morgan fingerprint density at radius 1 is 1.28 bits per heavy atom. The first-order chi connectivity index (χ1) is 8.66. The lowest BCUT2D eigenvalue weighted by Crippen LogP contribution is -2.50. The minimum atomic E-state index is 0.0759. The van der Waals surface area contributed by atoms with E-state index in [0.717, 1.165) is 12.1 Å². The molecule has 2 aliphatic rings. The van der Waals surface area contributed by atoms with Gasteiger partial charge in [-0.05, 0) is 39.7 Å². The third kappa shape index (κ3) is 1.97. The average molecular weight is 248 g/mol. The third-order valence-corrected chi connectivity index (χ3v) is 4.87. The number of piperidine rings is 2. The van der Waals surface area contributed by atoms with Gasteiger partial charge in [0, 0.05) is 30.4 Å². The zero-order valence-corrected chi connectivity index (χ0v) is 11.4. The molecule has 4 nitrogen and oxygen atoms in total. The average Bonchev–Trinajstić information content (AvgIpc) is 2.77. The zero-order valence-electron chi connectivity index (χ0n) is 11.4. The minimum absolute atomic E-state index is 0.0759. The molecule has 0 amide bonds. The van der Waals surface area contributed by atoms with E-state index in [4.69, 9.17) is 5.73 Å². The lowest BCUT2D eigenvalue weighted by atomic mass is 9.82. The van der Waals surface area contributed by atoms with E-state index in [1.54, 1.807) is 0 Å². The summed E-state index contributed by atoms with van der Waals surface area (Å²) < 4.78 is 2.34. The first kappa shape index (κ1) is 12.2. The van der Waals surface area contributed by atoms with Crippen LogP contribution in [0.4, 0.5) is 0 Å². The molecule has 0 aromatic carbocycles. The molecule has 2 N–H and O–H groups in total. The summed E-state index contributed by atoms with van der Waals surface area (Å²) in [4.78, 5) is 6.90. The van der Waals surface area contributed by atoms with Crippen molar-refractivity contribution in [2.24, 2.45) is 5.73 Å². The first-order valence-electron chi connectivity index (χ1n) is 7.16. The number of nitrogens with zero attached hydrogens (tertiary/aromatic N) is 3. The van der Waals surface area contributed by atoms with Crippen LogP contribution in [0.15, 0.2) is 12.5 Å². The molecule has 100 valence electrons. The second kappa shape index (κ2) is 4.67. The molecule has 4 heteroatoms. The highest BCUT2D eigenvalue weighted by molar-refractivity contribution is 5.07. The van der Waals surface area contributed by atoms with Gasteiger partial charge in [0.05, 0.1) is 12.0 Å². The number of nitrogens with two attached hydrogens (primary N) is 1. The maximum Gasteiger partial charge on any atom is 0.0951 e. The van der Waals surface area contributed by atoms with Crippen molar-refractivity contribution >= 4 is 0 Å². The molecular formula is C14H24N4. The maximum atomic E-state index is 6.04. The molecule has 1 aromatic rings. The van der Waals surface area contributed by atoms with Crippen LogP contribution in [0.1, 0.15) is 56.8 Å². The van der Waals surface area contributed by atoms with Gasteiger partial charge in [-0.15, -0.1) is 0 Å². The van der Waals surface area contributed by atoms with Gasteiger partial charge < -0.3 is 15.2 Å². The van der Waals surface area contributed by atoms with Crippen molar-refractivity contribution in [2.75, 3.05) is 7.05 Å². The molecule has 3 unspecified atom stereocenters. The van der Waals surface area contributed by atoms with E-state index in [0.29, 0.717) is 6.04 Å². The molecule has 1 aromatic heterocycles. The normalized spacial score (nSPS) is 34.5. The molecule has 0 aliphatic carbocycles. The largest absolute Gasteiger partial charge is 0.330 e. The van der Waals surface area contributed by atoms with E-state index in [2.05, 4.69) is 21.5 Å². The molecule has 18 heavy (non-hydrogen) atoms. The van der Waals surface area contributed by atoms with Gasteiger partial charge in [-0.1, -0.05) is 6.42 Å². The van der Waals surface area contributed by atoms with Gasteiger partial charge >= 0.3 is 0 Å². The molecule has 3 rings (SSSR count). The summed E-state index contributed by atoms with van der Waals surface area (Å²) in [5.74, 6) is 0. The van der Waals surface area contributed by atoms with E-state index in [1.165, 1.54) is 37.8 Å². The Balaban J connectivity index is 1.83. The van der Waals surface area contributed by atoms with E-state index >= 15 is 0 Å². The Morgan fingerprint density at radius 3 is 2.56 bits per heavy atom. The Morgan fingerprint density at radius 2 is 1.94 bits per heavy atom. The van der Waals surface area contributed by atoms with Crippen LogP contribution in [-0.4, -0.2) is 33.6 Å². The van der Waals surface area contributed by atoms with Gasteiger partial charge in [0.1, 0.15) is 0 Å². The van der Waals surface area contributed by atoms with Crippen LogP contribution in [0.25, 0.3) is 0 Å². The number of rotatable bonds is 2. The highest BCUT2D eigenvalue weighted by Gasteiger charge is 2.37. The Bertz CT molecular complexity index is 398. The Hall–Kier alpha value is -0.870. The standard InChI is InChI=1S/C14H24N4/c1-10(15)14-8-16-9-18(14)13-6-11-4-3-5-12(7-13)17(11)2/h8-13H,3-7,15H2,1-2H3. The fraction of sp³-hybridized carbons (Fsp3) is 0.786. The Kier molecular flexibility index (Phi) is 3.16. The lowest BCUT2D eigenvalue weighted by Gasteiger charge is -2.47.